The van der Waals surface area contributed by atoms with E-state index in [1.54, 1.807) is 43.4 Å². The van der Waals surface area contributed by atoms with Crippen LogP contribution in [0, 0.1) is 11.8 Å². The molecule has 1 aliphatic heterocycles. The van der Waals surface area contributed by atoms with Gasteiger partial charge in [0, 0.05) is 6.42 Å². The number of ether oxygens (including phenoxy) is 3. The first-order valence-electron chi connectivity index (χ1n) is 12.1. The maximum absolute atomic E-state index is 13.2. The second-order valence-electron chi connectivity index (χ2n) is 9.62. The Labute approximate surface area is 218 Å². The standard InChI is InChI=1S/C25H34F3N3O7/c1-13(2)19(31-24(35)25(26,27)28)22(33)29-18(21(32)30-20(14(3)4)23(34)36-5)10-15-6-8-16(9-7-15)37-11-17-12-38-17/h6-9,13-14,17-20H,10-12H2,1-5H3,(H,29,33)(H,30,32)(H,31,35)/t17?,18-,19-,20-/m0/s1. The van der Waals surface area contributed by atoms with Gasteiger partial charge in [-0.3, -0.25) is 14.4 Å². The Kier molecular flexibility index (Phi) is 10.9. The molecule has 1 heterocycles. The van der Waals surface area contributed by atoms with Gasteiger partial charge in [0.05, 0.1) is 13.7 Å². The lowest BCUT2D eigenvalue weighted by Gasteiger charge is -2.27. The van der Waals surface area contributed by atoms with Crippen molar-refractivity contribution in [1.82, 2.24) is 16.0 Å². The van der Waals surface area contributed by atoms with E-state index in [-0.39, 0.29) is 18.4 Å². The molecule has 0 aromatic heterocycles. The molecule has 212 valence electrons. The average Bonchev–Trinajstić information content (AvgIpc) is 3.67. The fraction of sp³-hybridized carbons (Fsp3) is 0.600. The number of esters is 1. The molecule has 1 saturated heterocycles. The second-order valence-corrected chi connectivity index (χ2v) is 9.62. The molecule has 4 atom stereocenters. The van der Waals surface area contributed by atoms with E-state index in [0.29, 0.717) is 24.5 Å². The zero-order valence-corrected chi connectivity index (χ0v) is 21.9. The summed E-state index contributed by atoms with van der Waals surface area (Å²) in [4.78, 5) is 49.8. The number of nitrogens with one attached hydrogen (secondary N) is 3. The molecule has 1 aromatic rings. The minimum atomic E-state index is -5.19. The predicted octanol–water partition coefficient (Wildman–Crippen LogP) is 1.51. The van der Waals surface area contributed by atoms with Gasteiger partial charge in [0.1, 0.15) is 36.6 Å². The van der Waals surface area contributed by atoms with Crippen LogP contribution in [0.15, 0.2) is 24.3 Å². The number of carbonyl (C=O) groups is 4. The summed E-state index contributed by atoms with van der Waals surface area (Å²) in [5.41, 5.74) is 0.597. The van der Waals surface area contributed by atoms with E-state index >= 15 is 0 Å². The number of amides is 3. The third-order valence-corrected chi connectivity index (χ3v) is 5.75. The molecule has 2 rings (SSSR count). The number of halogens is 3. The van der Waals surface area contributed by atoms with Crippen molar-refractivity contribution in [1.29, 1.82) is 0 Å². The summed E-state index contributed by atoms with van der Waals surface area (Å²) < 4.78 is 53.8. The summed E-state index contributed by atoms with van der Waals surface area (Å²) in [6.07, 6.45) is -5.19. The van der Waals surface area contributed by atoms with Gasteiger partial charge < -0.3 is 30.2 Å². The van der Waals surface area contributed by atoms with E-state index in [4.69, 9.17) is 14.2 Å². The summed E-state index contributed by atoms with van der Waals surface area (Å²) in [5.74, 6) is -5.23. The molecule has 13 heteroatoms. The molecule has 0 radical (unpaired) electrons. The summed E-state index contributed by atoms with van der Waals surface area (Å²) in [6, 6.07) is 2.78. The lowest BCUT2D eigenvalue weighted by atomic mass is 9.99. The lowest BCUT2D eigenvalue weighted by Crippen LogP contribution is -2.59. The smallest absolute Gasteiger partial charge is 0.471 e. The molecule has 10 nitrogen and oxygen atoms in total. The minimum Gasteiger partial charge on any atom is -0.491 e. The highest BCUT2D eigenvalue weighted by Crippen LogP contribution is 2.18. The Hall–Kier alpha value is -3.35. The van der Waals surface area contributed by atoms with Crippen molar-refractivity contribution in [3.63, 3.8) is 0 Å². The van der Waals surface area contributed by atoms with Crippen molar-refractivity contribution < 1.29 is 46.6 Å². The molecule has 38 heavy (non-hydrogen) atoms. The zero-order chi connectivity index (χ0) is 28.6. The summed E-state index contributed by atoms with van der Waals surface area (Å²) >= 11 is 0. The van der Waals surface area contributed by atoms with E-state index in [1.807, 2.05) is 0 Å². The number of hydrogen-bond donors (Lipinski definition) is 3. The van der Waals surface area contributed by atoms with Gasteiger partial charge in [-0.25, -0.2) is 4.79 Å². The van der Waals surface area contributed by atoms with Gasteiger partial charge in [-0.15, -0.1) is 0 Å². The van der Waals surface area contributed by atoms with Crippen LogP contribution in [0.1, 0.15) is 33.3 Å². The molecule has 0 aliphatic carbocycles. The minimum absolute atomic E-state index is 0.0619. The molecule has 1 aliphatic rings. The fourth-order valence-electron chi connectivity index (χ4n) is 3.42. The summed E-state index contributed by atoms with van der Waals surface area (Å²) in [6.45, 7) is 7.30. The van der Waals surface area contributed by atoms with Crippen molar-refractivity contribution >= 4 is 23.7 Å². The Balaban J connectivity index is 2.23. The molecule has 0 bridgehead atoms. The second kappa shape index (κ2) is 13.4. The van der Waals surface area contributed by atoms with Crippen molar-refractivity contribution in [3.05, 3.63) is 29.8 Å². The Morgan fingerprint density at radius 3 is 2.00 bits per heavy atom. The third kappa shape index (κ3) is 9.51. The zero-order valence-electron chi connectivity index (χ0n) is 21.9. The van der Waals surface area contributed by atoms with Gasteiger partial charge in [0.15, 0.2) is 0 Å². The van der Waals surface area contributed by atoms with E-state index in [2.05, 4.69) is 10.6 Å². The van der Waals surface area contributed by atoms with Crippen LogP contribution in [0.4, 0.5) is 13.2 Å². The Bertz CT molecular complexity index is 979. The van der Waals surface area contributed by atoms with E-state index < -0.39 is 53.9 Å². The normalized spacial score (nSPS) is 17.3. The molecular weight excluding hydrogens is 511 g/mol. The van der Waals surface area contributed by atoms with Crippen LogP contribution < -0.4 is 20.7 Å². The van der Waals surface area contributed by atoms with Gasteiger partial charge in [-0.2, -0.15) is 13.2 Å². The molecule has 3 amide bonds. The van der Waals surface area contributed by atoms with Crippen LogP contribution in [0.2, 0.25) is 0 Å². The number of alkyl halides is 3. The average molecular weight is 546 g/mol. The topological polar surface area (TPSA) is 135 Å². The first kappa shape index (κ1) is 30.9. The maximum Gasteiger partial charge on any atom is 0.471 e. The SMILES string of the molecule is COC(=O)[C@@H](NC(=O)[C@H](Cc1ccc(OCC2CO2)cc1)NC(=O)[C@@H](NC(=O)C(F)(F)F)C(C)C)C(C)C. The quantitative estimate of drug-likeness (QED) is 0.253. The number of rotatable bonds is 13. The van der Waals surface area contributed by atoms with Gasteiger partial charge >= 0.3 is 18.1 Å². The number of benzene rings is 1. The number of hydrogen-bond acceptors (Lipinski definition) is 7. The molecule has 1 fully saturated rings. The van der Waals surface area contributed by atoms with Crippen molar-refractivity contribution in [2.45, 2.75) is 64.5 Å². The van der Waals surface area contributed by atoms with Crippen LogP contribution in [0.5, 0.6) is 5.75 Å². The molecule has 3 N–H and O–H groups in total. The summed E-state index contributed by atoms with van der Waals surface area (Å²) in [7, 11) is 1.17. The Morgan fingerprint density at radius 2 is 1.53 bits per heavy atom. The van der Waals surface area contributed by atoms with Gasteiger partial charge in [0.25, 0.3) is 0 Å². The van der Waals surface area contributed by atoms with Crippen LogP contribution in [0.25, 0.3) is 0 Å². The van der Waals surface area contributed by atoms with Crippen LogP contribution in [0.3, 0.4) is 0 Å². The van der Waals surface area contributed by atoms with E-state index in [1.165, 1.54) is 21.0 Å². The molecule has 0 saturated carbocycles. The number of carbonyl (C=O) groups excluding carboxylic acids is 4. The maximum atomic E-state index is 13.2. The van der Waals surface area contributed by atoms with Crippen LogP contribution >= 0.6 is 0 Å². The monoisotopic (exact) mass is 545 g/mol. The highest BCUT2D eigenvalue weighted by atomic mass is 19.4. The first-order valence-corrected chi connectivity index (χ1v) is 12.1. The summed E-state index contributed by atoms with van der Waals surface area (Å²) in [5, 5.41) is 6.66. The lowest BCUT2D eigenvalue weighted by molar-refractivity contribution is -0.175. The molecule has 0 spiro atoms. The van der Waals surface area contributed by atoms with Crippen LogP contribution in [-0.4, -0.2) is 74.4 Å². The number of epoxide rings is 1. The largest absolute Gasteiger partial charge is 0.491 e. The molecule has 1 aromatic carbocycles. The third-order valence-electron chi connectivity index (χ3n) is 5.75. The molecule has 1 unspecified atom stereocenters. The van der Waals surface area contributed by atoms with Crippen molar-refractivity contribution in [2.75, 3.05) is 20.3 Å². The fourth-order valence-corrected chi connectivity index (χ4v) is 3.42. The van der Waals surface area contributed by atoms with Crippen LogP contribution in [-0.2, 0) is 35.1 Å². The van der Waals surface area contributed by atoms with E-state index in [9.17, 15) is 32.3 Å². The highest BCUT2D eigenvalue weighted by molar-refractivity contribution is 5.94. The first-order chi connectivity index (χ1) is 17.7. The molecular formula is C25H34F3N3O7. The Morgan fingerprint density at radius 1 is 0.947 bits per heavy atom. The predicted molar refractivity (Wildman–Crippen MR) is 129 cm³/mol. The van der Waals surface area contributed by atoms with E-state index in [0.717, 1.165) is 0 Å². The van der Waals surface area contributed by atoms with Gasteiger partial charge in [-0.1, -0.05) is 39.8 Å². The number of methoxy groups -OCH3 is 1. The van der Waals surface area contributed by atoms with Crippen molar-refractivity contribution in [3.8, 4) is 5.75 Å². The highest BCUT2D eigenvalue weighted by Gasteiger charge is 2.42. The van der Waals surface area contributed by atoms with Crippen molar-refractivity contribution in [2.24, 2.45) is 11.8 Å². The van der Waals surface area contributed by atoms with Gasteiger partial charge in [0.2, 0.25) is 11.8 Å². The van der Waals surface area contributed by atoms with Gasteiger partial charge in [-0.05, 0) is 29.5 Å².